The average molecular weight is 251 g/mol. The van der Waals surface area contributed by atoms with Gasteiger partial charge in [0.2, 0.25) is 0 Å². The third-order valence-corrected chi connectivity index (χ3v) is 4.35. The molecular weight excluding hydrogens is 232 g/mol. The molecule has 1 aromatic rings. The Morgan fingerprint density at radius 2 is 2.00 bits per heavy atom. The van der Waals surface area contributed by atoms with Crippen molar-refractivity contribution in [3.63, 3.8) is 0 Å². The van der Waals surface area contributed by atoms with E-state index in [1.54, 1.807) is 0 Å². The number of hydrogen-bond acceptors (Lipinski definition) is 2. The summed E-state index contributed by atoms with van der Waals surface area (Å²) in [6, 6.07) is 8.21. The summed E-state index contributed by atoms with van der Waals surface area (Å²) in [5.74, 6) is 0.873. The summed E-state index contributed by atoms with van der Waals surface area (Å²) in [4.78, 5) is 2.48. The molecule has 0 spiro atoms. The average Bonchev–Trinajstić information content (AvgIpc) is 3.14. The lowest BCUT2D eigenvalue weighted by atomic mass is 9.92. The number of nitrogens with zero attached hydrogens (tertiary/aromatic N) is 1. The fourth-order valence-electron chi connectivity index (χ4n) is 2.87. The monoisotopic (exact) mass is 250 g/mol. The number of benzene rings is 1. The van der Waals surface area contributed by atoms with Crippen LogP contribution < -0.4 is 10.2 Å². The molecule has 1 aliphatic heterocycles. The summed E-state index contributed by atoms with van der Waals surface area (Å²) >= 11 is 5.94. The van der Waals surface area contributed by atoms with Crippen molar-refractivity contribution in [2.24, 2.45) is 5.92 Å². The van der Waals surface area contributed by atoms with Crippen LogP contribution in [0.1, 0.15) is 19.8 Å². The predicted octanol–water partition coefficient (Wildman–Crippen LogP) is 2.92. The highest BCUT2D eigenvalue weighted by molar-refractivity contribution is 6.30. The van der Waals surface area contributed by atoms with E-state index in [-0.39, 0.29) is 0 Å². The maximum Gasteiger partial charge on any atom is 0.0407 e. The summed E-state index contributed by atoms with van der Waals surface area (Å²) in [5.41, 5.74) is 1.60. The Bertz CT molecular complexity index is 399. The summed E-state index contributed by atoms with van der Waals surface area (Å²) < 4.78 is 0. The van der Waals surface area contributed by atoms with Crippen molar-refractivity contribution in [3.05, 3.63) is 29.3 Å². The van der Waals surface area contributed by atoms with Gasteiger partial charge in [-0.1, -0.05) is 11.6 Å². The maximum absolute atomic E-state index is 5.94. The third-order valence-electron chi connectivity index (χ3n) is 4.10. The first kappa shape index (κ1) is 11.4. The van der Waals surface area contributed by atoms with Crippen LogP contribution >= 0.6 is 11.6 Å². The molecule has 0 bridgehead atoms. The van der Waals surface area contributed by atoms with E-state index in [1.807, 2.05) is 12.1 Å². The van der Waals surface area contributed by atoms with Gasteiger partial charge < -0.3 is 10.2 Å². The predicted molar refractivity (Wildman–Crippen MR) is 72.8 cm³/mol. The van der Waals surface area contributed by atoms with Crippen molar-refractivity contribution in [2.75, 3.05) is 24.5 Å². The van der Waals surface area contributed by atoms with Crippen molar-refractivity contribution < 1.29 is 0 Å². The molecule has 0 aromatic heterocycles. The largest absolute Gasteiger partial charge is 0.368 e. The summed E-state index contributed by atoms with van der Waals surface area (Å²) in [7, 11) is 0. The number of piperazine rings is 1. The molecule has 1 unspecified atom stereocenters. The minimum absolute atomic E-state index is 0.303. The van der Waals surface area contributed by atoms with Gasteiger partial charge in [-0.3, -0.25) is 0 Å². The van der Waals surface area contributed by atoms with Crippen LogP contribution in [0.15, 0.2) is 24.3 Å². The number of halogens is 1. The standard InChI is InChI=1S/C14H19ClN2/c1-14(11-2-3-11)10-17(9-8-16-14)13-6-4-12(15)5-7-13/h4-7,11,16H,2-3,8-10H2,1H3. The molecule has 92 valence electrons. The highest BCUT2D eigenvalue weighted by atomic mass is 35.5. The first-order chi connectivity index (χ1) is 8.17. The molecule has 1 aliphatic carbocycles. The van der Waals surface area contributed by atoms with Gasteiger partial charge in [-0.25, -0.2) is 0 Å². The van der Waals surface area contributed by atoms with Gasteiger partial charge in [-0.2, -0.15) is 0 Å². The topological polar surface area (TPSA) is 15.3 Å². The molecule has 2 aliphatic rings. The lowest BCUT2D eigenvalue weighted by Crippen LogP contribution is -2.60. The summed E-state index contributed by atoms with van der Waals surface area (Å²) in [5, 5.41) is 4.51. The smallest absolute Gasteiger partial charge is 0.0407 e. The van der Waals surface area contributed by atoms with E-state index in [4.69, 9.17) is 11.6 Å². The van der Waals surface area contributed by atoms with Crippen molar-refractivity contribution in [1.29, 1.82) is 0 Å². The Labute approximate surface area is 108 Å². The first-order valence-corrected chi connectivity index (χ1v) is 6.81. The van der Waals surface area contributed by atoms with Crippen LogP contribution in [0.3, 0.4) is 0 Å². The van der Waals surface area contributed by atoms with Crippen LogP contribution in [0.25, 0.3) is 0 Å². The molecule has 1 atom stereocenters. The Balaban J connectivity index is 1.77. The van der Waals surface area contributed by atoms with Gasteiger partial charge in [0.15, 0.2) is 0 Å². The number of hydrogen-bond donors (Lipinski definition) is 1. The summed E-state index contributed by atoms with van der Waals surface area (Å²) in [6.45, 7) is 5.64. The van der Waals surface area contributed by atoms with Crippen LogP contribution in [-0.2, 0) is 0 Å². The zero-order chi connectivity index (χ0) is 11.9. The van der Waals surface area contributed by atoms with E-state index in [9.17, 15) is 0 Å². The highest BCUT2D eigenvalue weighted by Crippen LogP contribution is 2.41. The fraction of sp³-hybridized carbons (Fsp3) is 0.571. The lowest BCUT2D eigenvalue weighted by molar-refractivity contribution is 0.285. The SMILES string of the molecule is CC1(C2CC2)CN(c2ccc(Cl)cc2)CCN1. The van der Waals surface area contributed by atoms with E-state index in [1.165, 1.54) is 18.5 Å². The molecule has 3 rings (SSSR count). The van der Waals surface area contributed by atoms with Crippen molar-refractivity contribution >= 4 is 17.3 Å². The van der Waals surface area contributed by atoms with Gasteiger partial charge in [-0.15, -0.1) is 0 Å². The van der Waals surface area contributed by atoms with Crippen LogP contribution in [0, 0.1) is 5.92 Å². The second kappa shape index (κ2) is 4.18. The van der Waals surface area contributed by atoms with Crippen molar-refractivity contribution in [2.45, 2.75) is 25.3 Å². The zero-order valence-electron chi connectivity index (χ0n) is 10.2. The van der Waals surface area contributed by atoms with Gasteiger partial charge in [0.05, 0.1) is 0 Å². The molecule has 2 nitrogen and oxygen atoms in total. The van der Waals surface area contributed by atoms with Crippen LogP contribution in [0.4, 0.5) is 5.69 Å². The maximum atomic E-state index is 5.94. The van der Waals surface area contributed by atoms with Gasteiger partial charge in [-0.05, 0) is 49.9 Å². The van der Waals surface area contributed by atoms with Crippen LogP contribution in [-0.4, -0.2) is 25.2 Å². The third kappa shape index (κ3) is 2.29. The molecule has 0 amide bonds. The minimum Gasteiger partial charge on any atom is -0.368 e. The van der Waals surface area contributed by atoms with E-state index in [0.29, 0.717) is 5.54 Å². The number of rotatable bonds is 2. The second-order valence-electron chi connectivity index (χ2n) is 5.52. The molecule has 1 saturated carbocycles. The highest BCUT2D eigenvalue weighted by Gasteiger charge is 2.43. The molecule has 1 N–H and O–H groups in total. The number of nitrogens with one attached hydrogen (secondary N) is 1. The van der Waals surface area contributed by atoms with Gasteiger partial charge in [0.25, 0.3) is 0 Å². The Kier molecular flexibility index (Phi) is 2.80. The molecule has 2 fully saturated rings. The molecule has 1 saturated heterocycles. The van der Waals surface area contributed by atoms with E-state index >= 15 is 0 Å². The Morgan fingerprint density at radius 3 is 2.65 bits per heavy atom. The van der Waals surface area contributed by atoms with E-state index in [0.717, 1.165) is 30.6 Å². The van der Waals surface area contributed by atoms with Gasteiger partial charge in [0.1, 0.15) is 0 Å². The molecule has 0 radical (unpaired) electrons. The van der Waals surface area contributed by atoms with Crippen LogP contribution in [0.2, 0.25) is 5.02 Å². The molecule has 1 aromatic carbocycles. The quantitative estimate of drug-likeness (QED) is 0.868. The first-order valence-electron chi connectivity index (χ1n) is 6.43. The minimum atomic E-state index is 0.303. The normalized spacial score (nSPS) is 29.4. The van der Waals surface area contributed by atoms with Gasteiger partial charge in [0, 0.05) is 35.9 Å². The molecule has 17 heavy (non-hydrogen) atoms. The molecular formula is C14H19ClN2. The number of anilines is 1. The molecule has 3 heteroatoms. The molecule has 1 heterocycles. The Morgan fingerprint density at radius 1 is 1.29 bits per heavy atom. The van der Waals surface area contributed by atoms with Crippen molar-refractivity contribution in [3.8, 4) is 0 Å². The van der Waals surface area contributed by atoms with E-state index < -0.39 is 0 Å². The van der Waals surface area contributed by atoms with Gasteiger partial charge >= 0.3 is 0 Å². The fourth-order valence-corrected chi connectivity index (χ4v) is 3.00. The lowest BCUT2D eigenvalue weighted by Gasteiger charge is -2.43. The summed E-state index contributed by atoms with van der Waals surface area (Å²) in [6.07, 6.45) is 2.77. The second-order valence-corrected chi connectivity index (χ2v) is 5.95. The zero-order valence-corrected chi connectivity index (χ0v) is 11.0. The Hall–Kier alpha value is -0.730. The van der Waals surface area contributed by atoms with Crippen LogP contribution in [0.5, 0.6) is 0 Å². The van der Waals surface area contributed by atoms with Crippen molar-refractivity contribution in [1.82, 2.24) is 5.32 Å². The van der Waals surface area contributed by atoms with E-state index in [2.05, 4.69) is 29.3 Å².